The van der Waals surface area contributed by atoms with Crippen LogP contribution in [-0.4, -0.2) is 24.4 Å². The van der Waals surface area contributed by atoms with Gasteiger partial charge in [-0.05, 0) is 19.4 Å². The molecule has 0 aliphatic rings. The first-order valence-corrected chi connectivity index (χ1v) is 5.74. The van der Waals surface area contributed by atoms with Crippen molar-refractivity contribution in [3.63, 3.8) is 0 Å². The van der Waals surface area contributed by atoms with E-state index < -0.39 is 5.60 Å². The third-order valence-corrected chi connectivity index (χ3v) is 2.79. The Hall–Kier alpha value is -1.26. The van der Waals surface area contributed by atoms with Crippen LogP contribution in [0.15, 0.2) is 18.2 Å². The standard InChI is InChI=1S/C13H21NO3/c1-4-13(2,15)9-17-12-7-11(16-3)6-5-10(12)8-14/h5-7,15H,4,8-9,14H2,1-3H3. The van der Waals surface area contributed by atoms with Crippen molar-refractivity contribution in [2.45, 2.75) is 32.4 Å². The number of aliphatic hydroxyl groups is 1. The van der Waals surface area contributed by atoms with Crippen LogP contribution < -0.4 is 15.2 Å². The fourth-order valence-corrected chi connectivity index (χ4v) is 1.30. The largest absolute Gasteiger partial charge is 0.497 e. The van der Waals surface area contributed by atoms with E-state index in [1.165, 1.54) is 0 Å². The molecule has 0 fully saturated rings. The van der Waals surface area contributed by atoms with Gasteiger partial charge in [0.1, 0.15) is 18.1 Å². The van der Waals surface area contributed by atoms with Crippen molar-refractivity contribution in [2.75, 3.05) is 13.7 Å². The van der Waals surface area contributed by atoms with Crippen molar-refractivity contribution in [1.29, 1.82) is 0 Å². The molecule has 17 heavy (non-hydrogen) atoms. The van der Waals surface area contributed by atoms with Crippen molar-refractivity contribution < 1.29 is 14.6 Å². The van der Waals surface area contributed by atoms with Gasteiger partial charge in [0.2, 0.25) is 0 Å². The van der Waals surface area contributed by atoms with Crippen LogP contribution in [0, 0.1) is 0 Å². The Labute approximate surface area is 102 Å². The maximum Gasteiger partial charge on any atom is 0.127 e. The molecule has 4 heteroatoms. The van der Waals surface area contributed by atoms with Crippen LogP contribution in [0.1, 0.15) is 25.8 Å². The molecular weight excluding hydrogens is 218 g/mol. The fourth-order valence-electron chi connectivity index (χ4n) is 1.30. The summed E-state index contributed by atoms with van der Waals surface area (Å²) >= 11 is 0. The lowest BCUT2D eigenvalue weighted by Crippen LogP contribution is -2.31. The highest BCUT2D eigenvalue weighted by Crippen LogP contribution is 2.25. The topological polar surface area (TPSA) is 64.7 Å². The summed E-state index contributed by atoms with van der Waals surface area (Å²) in [6, 6.07) is 5.50. The Morgan fingerprint density at radius 2 is 2.12 bits per heavy atom. The van der Waals surface area contributed by atoms with Crippen LogP contribution in [0.3, 0.4) is 0 Å². The molecule has 4 nitrogen and oxygen atoms in total. The number of rotatable bonds is 6. The zero-order chi connectivity index (χ0) is 12.9. The summed E-state index contributed by atoms with van der Waals surface area (Å²) in [7, 11) is 1.60. The Kier molecular flexibility index (Phi) is 4.78. The average molecular weight is 239 g/mol. The van der Waals surface area contributed by atoms with Gasteiger partial charge in [-0.2, -0.15) is 0 Å². The molecule has 0 saturated carbocycles. The second-order valence-corrected chi connectivity index (χ2v) is 4.32. The number of ether oxygens (including phenoxy) is 2. The second-order valence-electron chi connectivity index (χ2n) is 4.32. The summed E-state index contributed by atoms with van der Waals surface area (Å²) in [6.07, 6.45) is 0.634. The first-order valence-electron chi connectivity index (χ1n) is 5.74. The molecule has 0 radical (unpaired) electrons. The van der Waals surface area contributed by atoms with Gasteiger partial charge < -0.3 is 20.3 Å². The molecule has 1 rings (SSSR count). The van der Waals surface area contributed by atoms with Crippen LogP contribution in [-0.2, 0) is 6.54 Å². The van der Waals surface area contributed by atoms with Crippen molar-refractivity contribution in [1.82, 2.24) is 0 Å². The highest BCUT2D eigenvalue weighted by molar-refractivity contribution is 5.40. The molecule has 3 N–H and O–H groups in total. The predicted molar refractivity (Wildman–Crippen MR) is 67.3 cm³/mol. The normalized spacial score (nSPS) is 14.2. The smallest absolute Gasteiger partial charge is 0.127 e. The van der Waals surface area contributed by atoms with E-state index in [2.05, 4.69) is 0 Å². The van der Waals surface area contributed by atoms with E-state index in [0.29, 0.717) is 24.5 Å². The monoisotopic (exact) mass is 239 g/mol. The summed E-state index contributed by atoms with van der Waals surface area (Å²) in [5.41, 5.74) is 5.71. The molecule has 0 spiro atoms. The average Bonchev–Trinajstić information content (AvgIpc) is 2.36. The summed E-state index contributed by atoms with van der Waals surface area (Å²) in [5.74, 6) is 1.38. The number of nitrogens with two attached hydrogens (primary N) is 1. The Morgan fingerprint density at radius 1 is 1.41 bits per heavy atom. The van der Waals surface area contributed by atoms with Crippen molar-refractivity contribution in [3.05, 3.63) is 23.8 Å². The number of hydrogen-bond donors (Lipinski definition) is 2. The van der Waals surface area contributed by atoms with E-state index in [4.69, 9.17) is 15.2 Å². The minimum Gasteiger partial charge on any atom is -0.497 e. The minimum atomic E-state index is -0.824. The van der Waals surface area contributed by atoms with Crippen LogP contribution in [0.2, 0.25) is 0 Å². The quantitative estimate of drug-likeness (QED) is 0.793. The van der Waals surface area contributed by atoms with E-state index in [1.807, 2.05) is 19.1 Å². The van der Waals surface area contributed by atoms with E-state index in [-0.39, 0.29) is 6.61 Å². The van der Waals surface area contributed by atoms with Gasteiger partial charge in [-0.3, -0.25) is 0 Å². The maximum atomic E-state index is 9.89. The third kappa shape index (κ3) is 3.91. The number of methoxy groups -OCH3 is 1. The van der Waals surface area contributed by atoms with Gasteiger partial charge in [0.15, 0.2) is 0 Å². The van der Waals surface area contributed by atoms with Crippen LogP contribution in [0.5, 0.6) is 11.5 Å². The van der Waals surface area contributed by atoms with Gasteiger partial charge in [0, 0.05) is 18.2 Å². The molecule has 1 aromatic rings. The summed E-state index contributed by atoms with van der Waals surface area (Å²) in [4.78, 5) is 0. The van der Waals surface area contributed by atoms with Crippen LogP contribution in [0.25, 0.3) is 0 Å². The molecule has 0 saturated heterocycles. The van der Waals surface area contributed by atoms with Gasteiger partial charge in [-0.25, -0.2) is 0 Å². The lowest BCUT2D eigenvalue weighted by molar-refractivity contribution is 0.00813. The Balaban J connectivity index is 2.81. The Bertz CT molecular complexity index is 364. The predicted octanol–water partition coefficient (Wildman–Crippen LogP) is 1.69. The highest BCUT2D eigenvalue weighted by Gasteiger charge is 2.19. The molecule has 1 aromatic carbocycles. The molecule has 0 heterocycles. The zero-order valence-corrected chi connectivity index (χ0v) is 10.7. The molecular formula is C13H21NO3. The lowest BCUT2D eigenvalue weighted by atomic mass is 10.1. The first kappa shape index (κ1) is 13.8. The first-order chi connectivity index (χ1) is 8.02. The second kappa shape index (κ2) is 5.89. The van der Waals surface area contributed by atoms with Crippen molar-refractivity contribution >= 4 is 0 Å². The van der Waals surface area contributed by atoms with Gasteiger partial charge in [0.25, 0.3) is 0 Å². The number of hydrogen-bond acceptors (Lipinski definition) is 4. The van der Waals surface area contributed by atoms with Gasteiger partial charge in [0.05, 0.1) is 12.7 Å². The molecule has 96 valence electrons. The van der Waals surface area contributed by atoms with Gasteiger partial charge >= 0.3 is 0 Å². The van der Waals surface area contributed by atoms with Crippen molar-refractivity contribution in [2.24, 2.45) is 5.73 Å². The molecule has 1 atom stereocenters. The SMILES string of the molecule is CCC(C)(O)COc1cc(OC)ccc1CN. The minimum absolute atomic E-state index is 0.240. The van der Waals surface area contributed by atoms with E-state index in [9.17, 15) is 5.11 Å². The fraction of sp³-hybridized carbons (Fsp3) is 0.538. The number of benzene rings is 1. The summed E-state index contributed by atoms with van der Waals surface area (Å²) in [6.45, 7) is 4.30. The highest BCUT2D eigenvalue weighted by atomic mass is 16.5. The van der Waals surface area contributed by atoms with Crippen LogP contribution in [0.4, 0.5) is 0 Å². The van der Waals surface area contributed by atoms with E-state index in [1.54, 1.807) is 20.1 Å². The Morgan fingerprint density at radius 3 is 2.65 bits per heavy atom. The summed E-state index contributed by atoms with van der Waals surface area (Å²) in [5, 5.41) is 9.89. The van der Waals surface area contributed by atoms with E-state index in [0.717, 1.165) is 5.56 Å². The molecule has 1 unspecified atom stereocenters. The van der Waals surface area contributed by atoms with E-state index >= 15 is 0 Å². The summed E-state index contributed by atoms with van der Waals surface area (Å²) < 4.78 is 10.7. The van der Waals surface area contributed by atoms with Crippen molar-refractivity contribution in [3.8, 4) is 11.5 Å². The molecule has 0 amide bonds. The lowest BCUT2D eigenvalue weighted by Gasteiger charge is -2.22. The molecule has 0 aromatic heterocycles. The zero-order valence-electron chi connectivity index (χ0n) is 10.7. The van der Waals surface area contributed by atoms with Gasteiger partial charge in [-0.15, -0.1) is 0 Å². The molecule has 0 aliphatic heterocycles. The molecule has 0 bridgehead atoms. The third-order valence-electron chi connectivity index (χ3n) is 2.79. The van der Waals surface area contributed by atoms with Gasteiger partial charge in [-0.1, -0.05) is 13.0 Å². The van der Waals surface area contributed by atoms with Crippen LogP contribution >= 0.6 is 0 Å². The maximum absolute atomic E-state index is 9.89. The molecule has 0 aliphatic carbocycles.